The SMILES string of the molecule is CC[C@H](N)C(=O)N1CCOCC1C(N)=O. The van der Waals surface area contributed by atoms with E-state index in [1.54, 1.807) is 0 Å². The van der Waals surface area contributed by atoms with Gasteiger partial charge in [0.15, 0.2) is 0 Å². The van der Waals surface area contributed by atoms with Gasteiger partial charge in [0.2, 0.25) is 11.8 Å². The Bertz CT molecular complexity index is 257. The van der Waals surface area contributed by atoms with Crippen molar-refractivity contribution in [3.8, 4) is 0 Å². The third-order valence-corrected chi connectivity index (χ3v) is 2.50. The molecule has 1 saturated heterocycles. The molecule has 6 nitrogen and oxygen atoms in total. The molecule has 0 radical (unpaired) electrons. The van der Waals surface area contributed by atoms with Crippen LogP contribution in [0.3, 0.4) is 0 Å². The van der Waals surface area contributed by atoms with Crippen molar-refractivity contribution >= 4 is 11.8 Å². The summed E-state index contributed by atoms with van der Waals surface area (Å²) in [4.78, 5) is 24.3. The molecule has 1 fully saturated rings. The third kappa shape index (κ3) is 2.66. The highest BCUT2D eigenvalue weighted by molar-refractivity contribution is 5.89. The van der Waals surface area contributed by atoms with Crippen molar-refractivity contribution in [1.29, 1.82) is 0 Å². The van der Waals surface area contributed by atoms with Crippen molar-refractivity contribution in [3.63, 3.8) is 0 Å². The second-order valence-electron chi connectivity index (χ2n) is 3.54. The van der Waals surface area contributed by atoms with E-state index < -0.39 is 18.0 Å². The smallest absolute Gasteiger partial charge is 0.242 e. The zero-order chi connectivity index (χ0) is 11.4. The van der Waals surface area contributed by atoms with Crippen molar-refractivity contribution in [2.24, 2.45) is 11.5 Å². The van der Waals surface area contributed by atoms with E-state index in [1.807, 2.05) is 6.92 Å². The minimum atomic E-state index is -0.677. The van der Waals surface area contributed by atoms with Crippen molar-refractivity contribution in [1.82, 2.24) is 4.90 Å². The zero-order valence-electron chi connectivity index (χ0n) is 8.81. The molecule has 0 bridgehead atoms. The summed E-state index contributed by atoms with van der Waals surface area (Å²) in [6.07, 6.45) is 0.543. The van der Waals surface area contributed by atoms with E-state index in [4.69, 9.17) is 16.2 Å². The molecule has 0 aromatic rings. The predicted octanol–water partition coefficient (Wildman–Crippen LogP) is -1.56. The largest absolute Gasteiger partial charge is 0.377 e. The highest BCUT2D eigenvalue weighted by Gasteiger charge is 2.33. The van der Waals surface area contributed by atoms with E-state index in [0.29, 0.717) is 19.6 Å². The standard InChI is InChI=1S/C9H17N3O3/c1-2-6(10)9(14)12-3-4-15-5-7(12)8(11)13/h6-7H,2-5,10H2,1H3,(H2,11,13)/t6-,7?/m0/s1. The summed E-state index contributed by atoms with van der Waals surface area (Å²) in [6, 6.07) is -1.24. The summed E-state index contributed by atoms with van der Waals surface area (Å²) >= 11 is 0. The molecule has 2 atom stereocenters. The van der Waals surface area contributed by atoms with Crippen LogP contribution in [0.2, 0.25) is 0 Å². The summed E-state index contributed by atoms with van der Waals surface area (Å²) in [5, 5.41) is 0. The quantitative estimate of drug-likeness (QED) is 0.594. The van der Waals surface area contributed by atoms with Gasteiger partial charge < -0.3 is 21.1 Å². The second-order valence-corrected chi connectivity index (χ2v) is 3.54. The molecule has 1 unspecified atom stereocenters. The van der Waals surface area contributed by atoms with Crippen LogP contribution >= 0.6 is 0 Å². The first-order valence-corrected chi connectivity index (χ1v) is 5.01. The number of hydrogen-bond donors (Lipinski definition) is 2. The number of morpholine rings is 1. The fourth-order valence-corrected chi connectivity index (χ4v) is 1.49. The Labute approximate surface area is 88.5 Å². The van der Waals surface area contributed by atoms with Crippen LogP contribution in [0.25, 0.3) is 0 Å². The lowest BCUT2D eigenvalue weighted by Gasteiger charge is -2.34. The summed E-state index contributed by atoms with van der Waals surface area (Å²) < 4.78 is 5.10. The summed E-state index contributed by atoms with van der Waals surface area (Å²) in [6.45, 7) is 2.78. The van der Waals surface area contributed by atoms with Gasteiger partial charge >= 0.3 is 0 Å². The molecule has 4 N–H and O–H groups in total. The molecule has 15 heavy (non-hydrogen) atoms. The van der Waals surface area contributed by atoms with Crippen LogP contribution < -0.4 is 11.5 Å². The van der Waals surface area contributed by atoms with Gasteiger partial charge in [-0.15, -0.1) is 0 Å². The van der Waals surface area contributed by atoms with Crippen LogP contribution in [-0.2, 0) is 14.3 Å². The lowest BCUT2D eigenvalue weighted by molar-refractivity contribution is -0.148. The van der Waals surface area contributed by atoms with E-state index in [9.17, 15) is 9.59 Å². The number of primary amides is 1. The number of nitrogens with zero attached hydrogens (tertiary/aromatic N) is 1. The van der Waals surface area contributed by atoms with Gasteiger partial charge in [-0.1, -0.05) is 6.92 Å². The molecular weight excluding hydrogens is 198 g/mol. The third-order valence-electron chi connectivity index (χ3n) is 2.50. The van der Waals surface area contributed by atoms with Gasteiger partial charge in [-0.25, -0.2) is 0 Å². The Hall–Kier alpha value is -1.14. The molecule has 0 saturated carbocycles. The molecule has 0 aromatic carbocycles. The van der Waals surface area contributed by atoms with Crippen LogP contribution in [0.15, 0.2) is 0 Å². The lowest BCUT2D eigenvalue weighted by atomic mass is 10.1. The molecule has 86 valence electrons. The minimum absolute atomic E-state index is 0.164. The molecule has 1 rings (SSSR count). The maximum atomic E-state index is 11.8. The van der Waals surface area contributed by atoms with Crippen molar-refractivity contribution in [3.05, 3.63) is 0 Å². The van der Waals surface area contributed by atoms with E-state index in [-0.39, 0.29) is 12.5 Å². The van der Waals surface area contributed by atoms with Gasteiger partial charge in [-0.3, -0.25) is 9.59 Å². The van der Waals surface area contributed by atoms with Crippen LogP contribution in [-0.4, -0.2) is 48.6 Å². The molecule has 6 heteroatoms. The Balaban J connectivity index is 2.71. The van der Waals surface area contributed by atoms with Crippen LogP contribution in [0.4, 0.5) is 0 Å². The number of amides is 2. The van der Waals surface area contributed by atoms with Gasteiger partial charge in [0.1, 0.15) is 6.04 Å². The van der Waals surface area contributed by atoms with Crippen LogP contribution in [0, 0.1) is 0 Å². The monoisotopic (exact) mass is 215 g/mol. The molecule has 0 spiro atoms. The first-order chi connectivity index (χ1) is 7.07. The predicted molar refractivity (Wildman–Crippen MR) is 53.8 cm³/mol. The topological polar surface area (TPSA) is 98.7 Å². The number of rotatable bonds is 3. The average Bonchev–Trinajstić information content (AvgIpc) is 2.27. The van der Waals surface area contributed by atoms with Crippen molar-refractivity contribution in [2.45, 2.75) is 25.4 Å². The summed E-state index contributed by atoms with van der Waals surface area (Å²) in [7, 11) is 0. The molecule has 0 aliphatic carbocycles. The highest BCUT2D eigenvalue weighted by atomic mass is 16.5. The van der Waals surface area contributed by atoms with E-state index in [1.165, 1.54) is 4.90 Å². The normalized spacial score (nSPS) is 23.6. The maximum absolute atomic E-state index is 11.8. The van der Waals surface area contributed by atoms with Gasteiger partial charge in [0, 0.05) is 6.54 Å². The minimum Gasteiger partial charge on any atom is -0.377 e. The average molecular weight is 215 g/mol. The van der Waals surface area contributed by atoms with Gasteiger partial charge in [0.25, 0.3) is 0 Å². The lowest BCUT2D eigenvalue weighted by Crippen LogP contribution is -2.58. The van der Waals surface area contributed by atoms with E-state index in [0.717, 1.165) is 0 Å². The molecule has 1 aliphatic heterocycles. The Morgan fingerprint density at radius 3 is 2.80 bits per heavy atom. The molecule has 1 aliphatic rings. The molecular formula is C9H17N3O3. The number of carbonyl (C=O) groups excluding carboxylic acids is 2. The number of nitrogens with two attached hydrogens (primary N) is 2. The highest BCUT2D eigenvalue weighted by Crippen LogP contribution is 2.09. The van der Waals surface area contributed by atoms with Gasteiger partial charge in [0.05, 0.1) is 19.3 Å². The van der Waals surface area contributed by atoms with Crippen LogP contribution in [0.5, 0.6) is 0 Å². The van der Waals surface area contributed by atoms with Crippen molar-refractivity contribution in [2.75, 3.05) is 19.8 Å². The van der Waals surface area contributed by atoms with Crippen LogP contribution in [0.1, 0.15) is 13.3 Å². The second kappa shape index (κ2) is 5.09. The van der Waals surface area contributed by atoms with Gasteiger partial charge in [-0.2, -0.15) is 0 Å². The number of ether oxygens (including phenoxy) is 1. The molecule has 1 heterocycles. The first kappa shape index (κ1) is 11.9. The zero-order valence-corrected chi connectivity index (χ0v) is 8.81. The molecule has 0 aromatic heterocycles. The van der Waals surface area contributed by atoms with E-state index in [2.05, 4.69) is 0 Å². The summed E-state index contributed by atoms with van der Waals surface area (Å²) in [5.74, 6) is -0.782. The fraction of sp³-hybridized carbons (Fsp3) is 0.778. The van der Waals surface area contributed by atoms with Gasteiger partial charge in [-0.05, 0) is 6.42 Å². The van der Waals surface area contributed by atoms with Crippen molar-refractivity contribution < 1.29 is 14.3 Å². The molecule has 2 amide bonds. The summed E-state index contributed by atoms with van der Waals surface area (Å²) in [5.41, 5.74) is 10.8. The van der Waals surface area contributed by atoms with E-state index >= 15 is 0 Å². The maximum Gasteiger partial charge on any atom is 0.242 e. The fourth-order valence-electron chi connectivity index (χ4n) is 1.49. The Kier molecular flexibility index (Phi) is 4.05. The number of hydrogen-bond acceptors (Lipinski definition) is 4. The first-order valence-electron chi connectivity index (χ1n) is 5.01. The number of carbonyl (C=O) groups is 2. The Morgan fingerprint density at radius 2 is 2.27 bits per heavy atom. The Morgan fingerprint density at radius 1 is 1.60 bits per heavy atom.